The second-order valence-electron chi connectivity index (χ2n) is 12.0. The van der Waals surface area contributed by atoms with E-state index in [2.05, 4.69) is 80.0 Å². The number of hydrogen-bond donors (Lipinski definition) is 1. The van der Waals surface area contributed by atoms with Crippen LogP contribution in [0, 0.1) is 0 Å². The van der Waals surface area contributed by atoms with E-state index in [0.29, 0.717) is 18.9 Å². The van der Waals surface area contributed by atoms with Crippen molar-refractivity contribution in [3.8, 4) is 0 Å². The van der Waals surface area contributed by atoms with Crippen molar-refractivity contribution in [1.82, 2.24) is 19.7 Å². The minimum atomic E-state index is -0.473. The van der Waals surface area contributed by atoms with Gasteiger partial charge in [-0.05, 0) is 67.6 Å². The van der Waals surface area contributed by atoms with Crippen molar-refractivity contribution in [3.63, 3.8) is 0 Å². The van der Waals surface area contributed by atoms with E-state index in [1.54, 1.807) is 0 Å². The van der Waals surface area contributed by atoms with Crippen LogP contribution < -0.4 is 0 Å². The molecule has 0 spiro atoms. The van der Waals surface area contributed by atoms with E-state index < -0.39 is 6.04 Å². The summed E-state index contributed by atoms with van der Waals surface area (Å²) in [5, 5.41) is 1.15. The van der Waals surface area contributed by atoms with Crippen LogP contribution in [-0.2, 0) is 16.0 Å². The molecule has 2 aliphatic heterocycles. The number of aromatic nitrogens is 1. The standard InChI is InChI=1S/C34H46N4O2/c1-5-7-18-36(19-8-6-2)20-11-21-37-23-31(39)38-30(34(37)40)22-28-27-12-9-10-13-29(27)35-32(28)33(38)26-16-14-25(15-17-26)24(3)4/h9-10,12-17,24,30,33,35H,5-8,11,18-23H2,1-4H3/t30-,33+/m0/s1. The zero-order valence-corrected chi connectivity index (χ0v) is 24.8. The van der Waals surface area contributed by atoms with Crippen LogP contribution in [-0.4, -0.2) is 70.3 Å². The number of carbonyl (C=O) groups is 2. The molecule has 0 radical (unpaired) electrons. The van der Waals surface area contributed by atoms with E-state index in [1.165, 1.54) is 36.8 Å². The van der Waals surface area contributed by atoms with Gasteiger partial charge in [0.1, 0.15) is 6.04 Å². The molecule has 0 saturated carbocycles. The van der Waals surface area contributed by atoms with E-state index >= 15 is 0 Å². The summed E-state index contributed by atoms with van der Waals surface area (Å²) in [7, 11) is 0. The Labute approximate surface area is 239 Å². The normalized spacial score (nSPS) is 19.1. The minimum absolute atomic E-state index is 0.0423. The highest BCUT2D eigenvalue weighted by Crippen LogP contribution is 2.42. The lowest BCUT2D eigenvalue weighted by molar-refractivity contribution is -0.158. The summed E-state index contributed by atoms with van der Waals surface area (Å²) in [6.07, 6.45) is 6.24. The van der Waals surface area contributed by atoms with E-state index in [4.69, 9.17) is 0 Å². The van der Waals surface area contributed by atoms with Crippen molar-refractivity contribution >= 4 is 22.7 Å². The third-order valence-corrected chi connectivity index (χ3v) is 8.82. The molecular weight excluding hydrogens is 496 g/mol. The molecule has 0 bridgehead atoms. The zero-order valence-electron chi connectivity index (χ0n) is 24.8. The topological polar surface area (TPSA) is 59.6 Å². The molecule has 3 aromatic rings. The predicted molar refractivity (Wildman–Crippen MR) is 162 cm³/mol. The number of H-pyrrole nitrogens is 1. The number of nitrogens with one attached hydrogen (secondary N) is 1. The molecule has 2 aromatic carbocycles. The Bertz CT molecular complexity index is 1300. The van der Waals surface area contributed by atoms with Crippen LogP contribution in [0.25, 0.3) is 10.9 Å². The quantitative estimate of drug-likeness (QED) is 0.294. The van der Waals surface area contributed by atoms with Gasteiger partial charge in [-0.15, -0.1) is 0 Å². The second kappa shape index (κ2) is 12.6. The number of benzene rings is 2. The zero-order chi connectivity index (χ0) is 28.2. The molecule has 3 heterocycles. The maximum atomic E-state index is 14.0. The fraction of sp³-hybridized carbons (Fsp3) is 0.529. The number of amides is 2. The summed E-state index contributed by atoms with van der Waals surface area (Å²) in [6.45, 7) is 12.8. The first-order valence-corrected chi connectivity index (χ1v) is 15.4. The molecule has 6 nitrogen and oxygen atoms in total. The molecule has 1 fully saturated rings. The Morgan fingerprint density at radius 2 is 1.60 bits per heavy atom. The molecule has 0 unspecified atom stereocenters. The van der Waals surface area contributed by atoms with Crippen molar-refractivity contribution in [1.29, 1.82) is 0 Å². The second-order valence-corrected chi connectivity index (χ2v) is 12.0. The van der Waals surface area contributed by atoms with E-state index in [-0.39, 0.29) is 24.4 Å². The van der Waals surface area contributed by atoms with Gasteiger partial charge in [-0.1, -0.05) is 83.0 Å². The maximum Gasteiger partial charge on any atom is 0.246 e. The molecule has 1 saturated heterocycles. The molecule has 0 aliphatic carbocycles. The SMILES string of the molecule is CCCCN(CCCC)CCCN1CC(=O)N2[C@H](c3ccc(C(C)C)cc3)c3[nH]c4ccccc4c3C[C@H]2C1=O. The van der Waals surface area contributed by atoms with Crippen LogP contribution in [0.5, 0.6) is 0 Å². The van der Waals surface area contributed by atoms with Gasteiger partial charge in [0, 0.05) is 29.6 Å². The van der Waals surface area contributed by atoms with Gasteiger partial charge in [0.2, 0.25) is 11.8 Å². The fourth-order valence-corrected chi connectivity index (χ4v) is 6.51. The van der Waals surface area contributed by atoms with Crippen molar-refractivity contribution in [2.75, 3.05) is 32.7 Å². The van der Waals surface area contributed by atoms with Gasteiger partial charge in [0.05, 0.1) is 12.6 Å². The highest BCUT2D eigenvalue weighted by molar-refractivity contribution is 5.97. The molecule has 6 heteroatoms. The number of aromatic amines is 1. The summed E-state index contributed by atoms with van der Waals surface area (Å²) in [5.41, 5.74) is 5.60. The van der Waals surface area contributed by atoms with E-state index in [1.807, 2.05) is 15.9 Å². The van der Waals surface area contributed by atoms with Gasteiger partial charge in [0.25, 0.3) is 0 Å². The number of hydrogen-bond acceptors (Lipinski definition) is 3. The number of nitrogens with zero attached hydrogens (tertiary/aromatic N) is 3. The average molecular weight is 543 g/mol. The van der Waals surface area contributed by atoms with Crippen molar-refractivity contribution < 1.29 is 9.59 Å². The van der Waals surface area contributed by atoms with Crippen LogP contribution in [0.3, 0.4) is 0 Å². The maximum absolute atomic E-state index is 14.0. The minimum Gasteiger partial charge on any atom is -0.356 e. The number of carbonyl (C=O) groups excluding carboxylic acids is 2. The number of fused-ring (bicyclic) bond motifs is 4. The summed E-state index contributed by atoms with van der Waals surface area (Å²) in [4.78, 5) is 37.8. The Morgan fingerprint density at radius 1 is 0.925 bits per heavy atom. The van der Waals surface area contributed by atoms with E-state index in [0.717, 1.165) is 48.2 Å². The van der Waals surface area contributed by atoms with Crippen molar-refractivity contribution in [3.05, 3.63) is 70.9 Å². The third kappa shape index (κ3) is 5.69. The molecule has 2 atom stereocenters. The molecule has 2 aliphatic rings. The van der Waals surface area contributed by atoms with Crippen LogP contribution in [0.1, 0.15) is 94.1 Å². The Morgan fingerprint density at radius 3 is 2.27 bits per heavy atom. The van der Waals surface area contributed by atoms with Crippen LogP contribution in [0.2, 0.25) is 0 Å². The van der Waals surface area contributed by atoms with Gasteiger partial charge in [-0.25, -0.2) is 0 Å². The summed E-state index contributed by atoms with van der Waals surface area (Å²) in [6, 6.07) is 16.2. The van der Waals surface area contributed by atoms with Crippen LogP contribution in [0.4, 0.5) is 0 Å². The lowest BCUT2D eigenvalue weighted by Crippen LogP contribution is -2.63. The molecule has 40 heavy (non-hydrogen) atoms. The molecule has 214 valence electrons. The largest absolute Gasteiger partial charge is 0.356 e. The molecular formula is C34H46N4O2. The van der Waals surface area contributed by atoms with Crippen LogP contribution in [0.15, 0.2) is 48.5 Å². The molecule has 1 aromatic heterocycles. The fourth-order valence-electron chi connectivity index (χ4n) is 6.51. The molecule has 1 N–H and O–H groups in total. The number of para-hydroxylation sites is 1. The van der Waals surface area contributed by atoms with Crippen molar-refractivity contribution in [2.45, 2.75) is 84.2 Å². The Kier molecular flexibility index (Phi) is 8.94. The first-order valence-electron chi connectivity index (χ1n) is 15.4. The number of unbranched alkanes of at least 4 members (excludes halogenated alkanes) is 2. The van der Waals surface area contributed by atoms with Crippen LogP contribution >= 0.6 is 0 Å². The van der Waals surface area contributed by atoms with Gasteiger partial charge in [-0.3, -0.25) is 9.59 Å². The Balaban J connectivity index is 1.41. The first kappa shape index (κ1) is 28.4. The summed E-state index contributed by atoms with van der Waals surface area (Å²) < 4.78 is 0. The smallest absolute Gasteiger partial charge is 0.246 e. The van der Waals surface area contributed by atoms with Crippen molar-refractivity contribution in [2.24, 2.45) is 0 Å². The van der Waals surface area contributed by atoms with E-state index in [9.17, 15) is 9.59 Å². The lowest BCUT2D eigenvalue weighted by atomic mass is 9.85. The first-order chi connectivity index (χ1) is 19.4. The highest BCUT2D eigenvalue weighted by atomic mass is 16.2. The lowest BCUT2D eigenvalue weighted by Gasteiger charge is -2.47. The third-order valence-electron chi connectivity index (χ3n) is 8.82. The molecule has 5 rings (SSSR count). The number of piperazine rings is 1. The van der Waals surface area contributed by atoms with Gasteiger partial charge < -0.3 is 19.7 Å². The monoisotopic (exact) mass is 542 g/mol. The molecule has 2 amide bonds. The van der Waals surface area contributed by atoms with Gasteiger partial charge in [-0.2, -0.15) is 0 Å². The summed E-state index contributed by atoms with van der Waals surface area (Å²) >= 11 is 0. The summed E-state index contributed by atoms with van der Waals surface area (Å²) in [5.74, 6) is 0.567. The van der Waals surface area contributed by atoms with Gasteiger partial charge >= 0.3 is 0 Å². The van der Waals surface area contributed by atoms with Gasteiger partial charge in [0.15, 0.2) is 0 Å². The Hall–Kier alpha value is -3.12. The number of rotatable bonds is 12. The highest BCUT2D eigenvalue weighted by Gasteiger charge is 2.48. The predicted octanol–water partition coefficient (Wildman–Crippen LogP) is 6.27. The average Bonchev–Trinajstić information content (AvgIpc) is 3.34.